The highest BCUT2D eigenvalue weighted by molar-refractivity contribution is 7.99. The van der Waals surface area contributed by atoms with E-state index in [2.05, 4.69) is 0 Å². The molecule has 2 aromatic rings. The van der Waals surface area contributed by atoms with Gasteiger partial charge in [0.2, 0.25) is 0 Å². The molecule has 0 saturated carbocycles. The van der Waals surface area contributed by atoms with Crippen molar-refractivity contribution in [3.63, 3.8) is 0 Å². The molecule has 0 heterocycles. The summed E-state index contributed by atoms with van der Waals surface area (Å²) in [5, 5.41) is 9.11. The minimum atomic E-state index is -0.0146. The lowest BCUT2D eigenvalue weighted by Gasteiger charge is -2.08. The van der Waals surface area contributed by atoms with Crippen molar-refractivity contribution in [1.82, 2.24) is 0 Å². The number of halogens is 3. The predicted octanol–water partition coefficient (Wildman–Crippen LogP) is 5.08. The van der Waals surface area contributed by atoms with Crippen LogP contribution in [0.3, 0.4) is 0 Å². The first-order chi connectivity index (χ1) is 8.97. The predicted molar refractivity (Wildman–Crippen MR) is 83.1 cm³/mol. The second kappa shape index (κ2) is 6.06. The Hall–Kier alpha value is -0.870. The van der Waals surface area contributed by atoms with Crippen LogP contribution in [0.25, 0.3) is 0 Å². The Morgan fingerprint density at radius 1 is 0.947 bits per heavy atom. The van der Waals surface area contributed by atoms with Gasteiger partial charge in [-0.15, -0.1) is 0 Å². The summed E-state index contributed by atoms with van der Waals surface area (Å²) in [6.45, 7) is 0. The third-order valence-corrected chi connectivity index (χ3v) is 4.59. The molecule has 0 radical (unpaired) electrons. The van der Waals surface area contributed by atoms with Crippen molar-refractivity contribution >= 4 is 52.4 Å². The molecule has 2 nitrogen and oxygen atoms in total. The summed E-state index contributed by atoms with van der Waals surface area (Å²) in [4.78, 5) is 1.66. The molecule has 0 aliphatic rings. The van der Waals surface area contributed by atoms with E-state index in [0.29, 0.717) is 20.6 Å². The molecule has 2 rings (SSSR count). The molecule has 0 unspecified atom stereocenters. The molecule has 0 atom stereocenters. The van der Waals surface area contributed by atoms with Crippen LogP contribution in [0.2, 0.25) is 15.1 Å². The highest BCUT2D eigenvalue weighted by Crippen LogP contribution is 2.38. The number of amidine groups is 1. The first-order valence-corrected chi connectivity index (χ1v) is 7.19. The van der Waals surface area contributed by atoms with Crippen molar-refractivity contribution in [2.24, 2.45) is 5.73 Å². The summed E-state index contributed by atoms with van der Waals surface area (Å²) in [6.07, 6.45) is 0. The van der Waals surface area contributed by atoms with Gasteiger partial charge < -0.3 is 5.73 Å². The van der Waals surface area contributed by atoms with Gasteiger partial charge in [-0.25, -0.2) is 0 Å². The minimum absolute atomic E-state index is 0.0146. The number of nitrogens with two attached hydrogens (primary N) is 1. The molecule has 0 bridgehead atoms. The van der Waals surface area contributed by atoms with Crippen LogP contribution in [-0.2, 0) is 0 Å². The van der Waals surface area contributed by atoms with Gasteiger partial charge in [0.25, 0.3) is 0 Å². The van der Waals surface area contributed by atoms with Gasteiger partial charge in [-0.3, -0.25) is 5.41 Å². The van der Waals surface area contributed by atoms with Crippen molar-refractivity contribution in [3.8, 4) is 0 Å². The molecule has 2 aromatic carbocycles. The third-order valence-electron chi connectivity index (χ3n) is 2.36. The molecule has 6 heteroatoms. The molecule has 98 valence electrons. The molecule has 0 aliphatic carbocycles. The van der Waals surface area contributed by atoms with Crippen LogP contribution in [-0.4, -0.2) is 5.84 Å². The van der Waals surface area contributed by atoms with E-state index in [1.807, 2.05) is 0 Å². The molecule has 0 amide bonds. The number of nitrogen functional groups attached to an aromatic ring is 1. The Kier molecular flexibility index (Phi) is 4.63. The number of hydrogen-bond acceptors (Lipinski definition) is 2. The normalized spacial score (nSPS) is 10.5. The van der Waals surface area contributed by atoms with Crippen LogP contribution in [0.15, 0.2) is 46.2 Å². The topological polar surface area (TPSA) is 49.9 Å². The Balaban J connectivity index is 2.33. The largest absolute Gasteiger partial charge is 0.384 e. The fourth-order valence-electron chi connectivity index (χ4n) is 1.43. The van der Waals surface area contributed by atoms with Crippen molar-refractivity contribution in [2.45, 2.75) is 9.79 Å². The molecule has 0 saturated heterocycles. The van der Waals surface area contributed by atoms with Crippen molar-refractivity contribution < 1.29 is 0 Å². The zero-order valence-corrected chi connectivity index (χ0v) is 12.7. The lowest BCUT2D eigenvalue weighted by Crippen LogP contribution is -2.10. The average molecular weight is 332 g/mol. The van der Waals surface area contributed by atoms with Gasteiger partial charge in [0.05, 0.1) is 10.0 Å². The molecule has 0 spiro atoms. The van der Waals surface area contributed by atoms with Crippen molar-refractivity contribution in [2.75, 3.05) is 0 Å². The van der Waals surface area contributed by atoms with E-state index < -0.39 is 0 Å². The highest BCUT2D eigenvalue weighted by Gasteiger charge is 2.08. The Morgan fingerprint density at radius 3 is 2.32 bits per heavy atom. The molecular formula is C13H9Cl3N2S. The maximum Gasteiger partial charge on any atom is 0.122 e. The Labute approximate surface area is 130 Å². The van der Waals surface area contributed by atoms with E-state index in [-0.39, 0.29) is 5.84 Å². The molecule has 0 fully saturated rings. The van der Waals surface area contributed by atoms with Crippen LogP contribution >= 0.6 is 46.6 Å². The van der Waals surface area contributed by atoms with Gasteiger partial charge in [0, 0.05) is 20.4 Å². The summed E-state index contributed by atoms with van der Waals surface area (Å²) in [6, 6.07) is 10.5. The standard InChI is InChI=1S/C13H9Cl3N2S/c14-8-2-3-9(15)12(6-8)19-11-4-1-7(13(17)18)5-10(11)16/h1-6H,(H3,17,18). The smallest absolute Gasteiger partial charge is 0.122 e. The average Bonchev–Trinajstić information content (AvgIpc) is 2.36. The highest BCUT2D eigenvalue weighted by atomic mass is 35.5. The lowest BCUT2D eigenvalue weighted by atomic mass is 10.2. The lowest BCUT2D eigenvalue weighted by molar-refractivity contribution is 1.37. The van der Waals surface area contributed by atoms with Crippen molar-refractivity contribution in [1.29, 1.82) is 5.41 Å². The van der Waals surface area contributed by atoms with Crippen LogP contribution in [0.4, 0.5) is 0 Å². The fourth-order valence-corrected chi connectivity index (χ4v) is 3.07. The molecule has 19 heavy (non-hydrogen) atoms. The van der Waals surface area contributed by atoms with Crippen LogP contribution in [0.5, 0.6) is 0 Å². The summed E-state index contributed by atoms with van der Waals surface area (Å²) >= 11 is 19.6. The van der Waals surface area contributed by atoms with E-state index in [0.717, 1.165) is 9.79 Å². The zero-order valence-electron chi connectivity index (χ0n) is 9.58. The van der Waals surface area contributed by atoms with Gasteiger partial charge in [-0.1, -0.05) is 52.6 Å². The summed E-state index contributed by atoms with van der Waals surface area (Å²) < 4.78 is 0. The monoisotopic (exact) mass is 330 g/mol. The van der Waals surface area contributed by atoms with E-state index in [4.69, 9.17) is 45.9 Å². The van der Waals surface area contributed by atoms with Crippen molar-refractivity contribution in [3.05, 3.63) is 57.0 Å². The molecule has 0 aromatic heterocycles. The second-order valence-corrected chi connectivity index (χ2v) is 6.07. The van der Waals surface area contributed by atoms with Gasteiger partial charge in [-0.2, -0.15) is 0 Å². The Bertz CT molecular complexity index is 644. The maximum absolute atomic E-state index is 7.36. The fraction of sp³-hybridized carbons (Fsp3) is 0. The van der Waals surface area contributed by atoms with Gasteiger partial charge in [0.15, 0.2) is 0 Å². The molecular weight excluding hydrogens is 323 g/mol. The van der Waals surface area contributed by atoms with Crippen LogP contribution in [0, 0.1) is 5.41 Å². The summed E-state index contributed by atoms with van der Waals surface area (Å²) in [5.41, 5.74) is 6.00. The van der Waals surface area contributed by atoms with E-state index in [1.165, 1.54) is 11.8 Å². The van der Waals surface area contributed by atoms with Crippen LogP contribution in [0.1, 0.15) is 5.56 Å². The molecule has 3 N–H and O–H groups in total. The third kappa shape index (κ3) is 3.57. The number of nitrogens with one attached hydrogen (secondary N) is 1. The molecule has 0 aliphatic heterocycles. The first-order valence-electron chi connectivity index (χ1n) is 5.24. The summed E-state index contributed by atoms with van der Waals surface area (Å²) in [7, 11) is 0. The summed E-state index contributed by atoms with van der Waals surface area (Å²) in [5.74, 6) is -0.0146. The van der Waals surface area contributed by atoms with Gasteiger partial charge >= 0.3 is 0 Å². The first kappa shape index (κ1) is 14.5. The van der Waals surface area contributed by atoms with E-state index in [1.54, 1.807) is 36.4 Å². The SMILES string of the molecule is N=C(N)c1ccc(Sc2cc(Cl)ccc2Cl)c(Cl)c1. The Morgan fingerprint density at radius 2 is 1.68 bits per heavy atom. The number of rotatable bonds is 3. The van der Waals surface area contributed by atoms with Crippen LogP contribution < -0.4 is 5.73 Å². The number of hydrogen-bond donors (Lipinski definition) is 2. The second-order valence-electron chi connectivity index (χ2n) is 3.74. The van der Waals surface area contributed by atoms with E-state index >= 15 is 0 Å². The quantitative estimate of drug-likeness (QED) is 0.608. The zero-order chi connectivity index (χ0) is 14.0. The number of benzene rings is 2. The minimum Gasteiger partial charge on any atom is -0.384 e. The van der Waals surface area contributed by atoms with Gasteiger partial charge in [0.1, 0.15) is 5.84 Å². The van der Waals surface area contributed by atoms with Gasteiger partial charge in [-0.05, 0) is 30.3 Å². The maximum atomic E-state index is 7.36. The van der Waals surface area contributed by atoms with E-state index in [9.17, 15) is 0 Å².